The van der Waals surface area contributed by atoms with Crippen molar-refractivity contribution in [3.63, 3.8) is 0 Å². The van der Waals surface area contributed by atoms with Gasteiger partial charge in [-0.25, -0.2) is 0 Å². The fraction of sp³-hybridized carbons (Fsp3) is 0.733. The summed E-state index contributed by atoms with van der Waals surface area (Å²) in [6.45, 7) is 2.30. The lowest BCUT2D eigenvalue weighted by Gasteiger charge is -2.17. The van der Waals surface area contributed by atoms with Crippen molar-refractivity contribution in [2.24, 2.45) is 11.8 Å². The smallest absolute Gasteiger partial charge is 0.0197 e. The third kappa shape index (κ3) is 2.74. The summed E-state index contributed by atoms with van der Waals surface area (Å²) >= 11 is 0. The van der Waals surface area contributed by atoms with E-state index in [2.05, 4.69) is 25.2 Å². The largest absolute Gasteiger partial charge is 0.0845 e. The van der Waals surface area contributed by atoms with E-state index in [9.17, 15) is 0 Å². The fourth-order valence-corrected chi connectivity index (χ4v) is 3.17. The maximum atomic E-state index is 2.44. The van der Waals surface area contributed by atoms with Crippen molar-refractivity contribution in [2.75, 3.05) is 0 Å². The van der Waals surface area contributed by atoms with E-state index in [-0.39, 0.29) is 0 Å². The second-order valence-electron chi connectivity index (χ2n) is 5.14. The molecule has 0 bridgehead atoms. The van der Waals surface area contributed by atoms with E-state index in [4.69, 9.17) is 0 Å². The van der Waals surface area contributed by atoms with E-state index in [1.807, 2.05) is 0 Å². The van der Waals surface area contributed by atoms with Gasteiger partial charge >= 0.3 is 0 Å². The second-order valence-corrected chi connectivity index (χ2v) is 5.14. The second kappa shape index (κ2) is 5.53. The van der Waals surface area contributed by atoms with E-state index < -0.39 is 0 Å². The van der Waals surface area contributed by atoms with E-state index in [1.165, 1.54) is 51.4 Å². The van der Waals surface area contributed by atoms with Crippen molar-refractivity contribution in [3.05, 3.63) is 23.8 Å². The number of hydrogen-bond donors (Lipinski definition) is 0. The number of unbranched alkanes of at least 4 members (excludes halogenated alkanes) is 1. The molecule has 0 spiro atoms. The van der Waals surface area contributed by atoms with Crippen LogP contribution in [0, 0.1) is 11.8 Å². The number of fused-ring (bicyclic) bond motifs is 1. The van der Waals surface area contributed by atoms with Gasteiger partial charge in [0.05, 0.1) is 0 Å². The molecule has 2 rings (SSSR count). The quantitative estimate of drug-likeness (QED) is 0.615. The van der Waals surface area contributed by atoms with Crippen LogP contribution in [-0.4, -0.2) is 0 Å². The number of allylic oxidation sites excluding steroid dienone is 4. The minimum Gasteiger partial charge on any atom is -0.0845 e. The van der Waals surface area contributed by atoms with Crippen LogP contribution in [0.1, 0.15) is 58.3 Å². The molecule has 0 aromatic heterocycles. The van der Waals surface area contributed by atoms with E-state index in [0.29, 0.717) is 0 Å². The predicted octanol–water partition coefficient (Wildman–Crippen LogP) is 4.87. The first-order chi connectivity index (χ1) is 7.42. The first kappa shape index (κ1) is 11.0. The Kier molecular flexibility index (Phi) is 4.05. The summed E-state index contributed by atoms with van der Waals surface area (Å²) in [5.74, 6) is 1.87. The van der Waals surface area contributed by atoms with Crippen LogP contribution >= 0.6 is 0 Å². The van der Waals surface area contributed by atoms with Gasteiger partial charge in [0.25, 0.3) is 0 Å². The van der Waals surface area contributed by atoms with Crippen molar-refractivity contribution in [3.8, 4) is 0 Å². The van der Waals surface area contributed by atoms with Crippen LogP contribution in [0.3, 0.4) is 0 Å². The lowest BCUT2D eigenvalue weighted by atomic mass is 9.88. The third-order valence-electron chi connectivity index (χ3n) is 4.06. The Morgan fingerprint density at radius 2 is 2.20 bits per heavy atom. The Hall–Kier alpha value is -0.520. The lowest BCUT2D eigenvalue weighted by molar-refractivity contribution is 0.538. The Morgan fingerprint density at radius 1 is 1.27 bits per heavy atom. The zero-order valence-corrected chi connectivity index (χ0v) is 10.0. The molecule has 15 heavy (non-hydrogen) atoms. The summed E-state index contributed by atoms with van der Waals surface area (Å²) in [6, 6.07) is 0. The molecule has 0 heteroatoms. The number of rotatable bonds is 3. The fourth-order valence-electron chi connectivity index (χ4n) is 3.17. The van der Waals surface area contributed by atoms with Crippen molar-refractivity contribution in [2.45, 2.75) is 58.3 Å². The monoisotopic (exact) mass is 204 g/mol. The minimum absolute atomic E-state index is 0.928. The van der Waals surface area contributed by atoms with Crippen LogP contribution < -0.4 is 0 Å². The van der Waals surface area contributed by atoms with Gasteiger partial charge in [0, 0.05) is 0 Å². The van der Waals surface area contributed by atoms with Crippen molar-refractivity contribution >= 4 is 0 Å². The standard InChI is InChI=1S/C15H24/c1-2-3-8-13-11-12-14-9-6-4-5-7-10-15(13)14/h5,7,10,13-14H,2-4,6,8-9,11-12H2,1H3/b7-5-,15-10-. The maximum Gasteiger partial charge on any atom is -0.0197 e. The molecule has 2 aliphatic rings. The zero-order chi connectivity index (χ0) is 10.5. The molecule has 0 aromatic carbocycles. The third-order valence-corrected chi connectivity index (χ3v) is 4.06. The van der Waals surface area contributed by atoms with Crippen LogP contribution in [0.15, 0.2) is 23.8 Å². The molecule has 0 aliphatic heterocycles. The molecule has 1 fully saturated rings. The molecule has 2 aliphatic carbocycles. The SMILES string of the molecule is CCCCC1CCC2CCC/C=C\C=C\12. The molecular formula is C15H24. The van der Waals surface area contributed by atoms with Crippen molar-refractivity contribution < 1.29 is 0 Å². The Bertz CT molecular complexity index is 247. The van der Waals surface area contributed by atoms with Crippen molar-refractivity contribution in [1.82, 2.24) is 0 Å². The van der Waals surface area contributed by atoms with E-state index in [0.717, 1.165) is 11.8 Å². The molecule has 84 valence electrons. The highest BCUT2D eigenvalue weighted by Crippen LogP contribution is 2.42. The van der Waals surface area contributed by atoms with Gasteiger partial charge in [-0.1, -0.05) is 43.6 Å². The lowest BCUT2D eigenvalue weighted by Crippen LogP contribution is -2.04. The van der Waals surface area contributed by atoms with Crippen LogP contribution in [0.4, 0.5) is 0 Å². The van der Waals surface area contributed by atoms with Crippen LogP contribution in [-0.2, 0) is 0 Å². The molecule has 2 unspecified atom stereocenters. The first-order valence-corrected chi connectivity index (χ1v) is 6.78. The van der Waals surface area contributed by atoms with E-state index >= 15 is 0 Å². The van der Waals surface area contributed by atoms with Gasteiger partial charge in [0.15, 0.2) is 0 Å². The summed E-state index contributed by atoms with van der Waals surface area (Å²) in [5.41, 5.74) is 1.79. The Morgan fingerprint density at radius 3 is 3.07 bits per heavy atom. The summed E-state index contributed by atoms with van der Waals surface area (Å²) < 4.78 is 0. The van der Waals surface area contributed by atoms with Gasteiger partial charge in [0.2, 0.25) is 0 Å². The van der Waals surface area contributed by atoms with Gasteiger partial charge < -0.3 is 0 Å². The van der Waals surface area contributed by atoms with Crippen molar-refractivity contribution in [1.29, 1.82) is 0 Å². The minimum atomic E-state index is 0.928. The average molecular weight is 204 g/mol. The van der Waals surface area contributed by atoms with E-state index in [1.54, 1.807) is 5.57 Å². The van der Waals surface area contributed by atoms with Gasteiger partial charge in [-0.15, -0.1) is 0 Å². The Labute approximate surface area is 94.5 Å². The summed E-state index contributed by atoms with van der Waals surface area (Å²) in [5, 5.41) is 0. The van der Waals surface area contributed by atoms with Gasteiger partial charge in [-0.05, 0) is 50.4 Å². The van der Waals surface area contributed by atoms with Crippen LogP contribution in [0.5, 0.6) is 0 Å². The normalized spacial score (nSPS) is 36.2. The Balaban J connectivity index is 2.02. The zero-order valence-electron chi connectivity index (χ0n) is 10.0. The summed E-state index contributed by atoms with van der Waals surface area (Å²) in [4.78, 5) is 0. The average Bonchev–Trinajstić information content (AvgIpc) is 2.57. The topological polar surface area (TPSA) is 0 Å². The molecule has 0 heterocycles. The number of hydrogen-bond acceptors (Lipinski definition) is 0. The first-order valence-electron chi connectivity index (χ1n) is 6.78. The molecule has 0 nitrogen and oxygen atoms in total. The molecule has 0 saturated heterocycles. The predicted molar refractivity (Wildman–Crippen MR) is 66.8 cm³/mol. The molecule has 0 radical (unpaired) electrons. The molecule has 0 N–H and O–H groups in total. The summed E-state index contributed by atoms with van der Waals surface area (Å²) in [7, 11) is 0. The molecule has 0 amide bonds. The summed E-state index contributed by atoms with van der Waals surface area (Å²) in [6.07, 6.45) is 18.4. The highest BCUT2D eigenvalue weighted by atomic mass is 14.3. The van der Waals surface area contributed by atoms with Crippen LogP contribution in [0.2, 0.25) is 0 Å². The molecule has 2 atom stereocenters. The van der Waals surface area contributed by atoms with Gasteiger partial charge in [-0.3, -0.25) is 0 Å². The highest BCUT2D eigenvalue weighted by molar-refractivity contribution is 5.22. The molecular weight excluding hydrogens is 180 g/mol. The van der Waals surface area contributed by atoms with Crippen LogP contribution in [0.25, 0.3) is 0 Å². The molecule has 1 saturated carbocycles. The maximum absolute atomic E-state index is 2.44. The van der Waals surface area contributed by atoms with Gasteiger partial charge in [-0.2, -0.15) is 0 Å². The highest BCUT2D eigenvalue weighted by Gasteiger charge is 2.28. The van der Waals surface area contributed by atoms with Gasteiger partial charge in [0.1, 0.15) is 0 Å². The molecule has 0 aromatic rings.